The molecule has 0 radical (unpaired) electrons. The van der Waals surface area contributed by atoms with E-state index in [9.17, 15) is 20.4 Å². The van der Waals surface area contributed by atoms with Gasteiger partial charge in [0.2, 0.25) is 0 Å². The van der Waals surface area contributed by atoms with Crippen molar-refractivity contribution < 1.29 is 29.9 Å². The normalized spacial score (nSPS) is 50.2. The van der Waals surface area contributed by atoms with Gasteiger partial charge in [-0.25, -0.2) is 0 Å². The highest BCUT2D eigenvalue weighted by Gasteiger charge is 2.66. The number of hydrogen-bond acceptors (Lipinski definition) is 6. The minimum Gasteiger partial charge on any atom is -0.390 e. The largest absolute Gasteiger partial charge is 0.390 e. The Morgan fingerprint density at radius 1 is 0.643 bits per heavy atom. The molecular formula is C50H80O6. The Morgan fingerprint density at radius 3 is 1.38 bits per heavy atom. The maximum absolute atomic E-state index is 11.2. The molecule has 316 valence electrons. The van der Waals surface area contributed by atoms with E-state index in [1.165, 1.54) is 73.7 Å². The zero-order chi connectivity index (χ0) is 40.6. The molecule has 6 heteroatoms. The number of allylic oxidation sites excluding steroid dienone is 6. The summed E-state index contributed by atoms with van der Waals surface area (Å²) in [5.41, 5.74) is 4.13. The van der Waals surface area contributed by atoms with Gasteiger partial charge in [0.25, 0.3) is 0 Å². The van der Waals surface area contributed by atoms with Crippen LogP contribution < -0.4 is 0 Å². The Kier molecular flexibility index (Phi) is 11.7. The lowest BCUT2D eigenvalue weighted by Crippen LogP contribution is -2.40. The molecule has 8 aliphatic rings. The number of aliphatic hydroxyl groups is 4. The Balaban J connectivity index is 0.000000172. The molecule has 2 heterocycles. The molecule has 0 spiro atoms. The lowest BCUT2D eigenvalue weighted by atomic mass is 9.62. The molecule has 4 saturated carbocycles. The molecule has 0 unspecified atom stereocenters. The summed E-state index contributed by atoms with van der Waals surface area (Å²) in [5, 5.41) is 44.5. The van der Waals surface area contributed by atoms with E-state index >= 15 is 0 Å². The van der Waals surface area contributed by atoms with Crippen molar-refractivity contribution in [2.24, 2.45) is 70.0 Å². The minimum absolute atomic E-state index is 0.0191. The van der Waals surface area contributed by atoms with Crippen LogP contribution in [0.4, 0.5) is 0 Å². The van der Waals surface area contributed by atoms with Crippen molar-refractivity contribution in [3.05, 3.63) is 46.6 Å². The average molecular weight is 777 g/mol. The highest BCUT2D eigenvalue weighted by Crippen LogP contribution is 2.65. The van der Waals surface area contributed by atoms with Gasteiger partial charge in [0.15, 0.2) is 11.6 Å². The van der Waals surface area contributed by atoms with E-state index in [-0.39, 0.29) is 34.5 Å². The van der Waals surface area contributed by atoms with Gasteiger partial charge in [-0.3, -0.25) is 0 Å². The average Bonchev–Trinajstić information content (AvgIpc) is 3.84. The summed E-state index contributed by atoms with van der Waals surface area (Å²) in [6, 6.07) is 0. The highest BCUT2D eigenvalue weighted by atomic mass is 16.6. The molecule has 56 heavy (non-hydrogen) atoms. The second kappa shape index (κ2) is 15.3. The van der Waals surface area contributed by atoms with Crippen LogP contribution in [0.2, 0.25) is 0 Å². The molecule has 6 aliphatic carbocycles. The number of hydrogen-bond donors (Lipinski definition) is 4. The molecule has 6 nitrogen and oxygen atoms in total. The first kappa shape index (κ1) is 42.8. The van der Waals surface area contributed by atoms with Crippen LogP contribution in [0.5, 0.6) is 0 Å². The number of rotatable bonds is 8. The van der Waals surface area contributed by atoms with Gasteiger partial charge >= 0.3 is 0 Å². The van der Waals surface area contributed by atoms with Gasteiger partial charge in [-0.05, 0) is 188 Å². The van der Waals surface area contributed by atoms with Crippen LogP contribution in [-0.4, -0.2) is 56.4 Å². The molecular weight excluding hydrogens is 697 g/mol. The van der Waals surface area contributed by atoms with Gasteiger partial charge in [0.1, 0.15) is 0 Å². The standard InChI is InChI=1S/2C25H40O3/c2*1-16(2)7-6-8-17(3)19-11-12-23(4)13-21-22-18(9-10-20(19)23)14-28-25(22,27)15-24(21,5)26/h2*7,9,17,19-22,26-27H,6,8,10-15H2,1-5H3/b2*18-9-/t2*17-,19+,20-,21-,22-,23+,24+,25+/m00/s1. The highest BCUT2D eigenvalue weighted by molar-refractivity contribution is 5.28. The van der Waals surface area contributed by atoms with E-state index in [1.54, 1.807) is 0 Å². The van der Waals surface area contributed by atoms with Crippen molar-refractivity contribution in [2.75, 3.05) is 13.2 Å². The van der Waals surface area contributed by atoms with Crippen LogP contribution in [-0.2, 0) is 9.47 Å². The molecule has 0 amide bonds. The predicted molar refractivity (Wildman–Crippen MR) is 225 cm³/mol. The number of ether oxygens (including phenoxy) is 2. The fourth-order valence-electron chi connectivity index (χ4n) is 14.7. The Bertz CT molecular complexity index is 1460. The third-order valence-electron chi connectivity index (χ3n) is 17.7. The summed E-state index contributed by atoms with van der Waals surface area (Å²) < 4.78 is 11.7. The maximum atomic E-state index is 11.2. The molecule has 0 bridgehead atoms. The molecule has 4 N–H and O–H groups in total. The van der Waals surface area contributed by atoms with Crippen LogP contribution in [0.15, 0.2) is 46.6 Å². The van der Waals surface area contributed by atoms with Gasteiger partial charge in [0.05, 0.1) is 24.4 Å². The Morgan fingerprint density at radius 2 is 1.02 bits per heavy atom. The summed E-state index contributed by atoms with van der Waals surface area (Å²) in [7, 11) is 0. The fourth-order valence-corrected chi connectivity index (χ4v) is 14.7. The molecule has 16 atom stereocenters. The molecule has 2 aliphatic heterocycles. The van der Waals surface area contributed by atoms with Crippen LogP contribution in [0.1, 0.15) is 159 Å². The maximum Gasteiger partial charge on any atom is 0.175 e. The summed E-state index contributed by atoms with van der Waals surface area (Å²) in [6.45, 7) is 23.5. The lowest BCUT2D eigenvalue weighted by molar-refractivity contribution is -0.192. The van der Waals surface area contributed by atoms with E-state index in [0.29, 0.717) is 37.9 Å². The van der Waals surface area contributed by atoms with Crippen LogP contribution in [0.3, 0.4) is 0 Å². The summed E-state index contributed by atoms with van der Waals surface area (Å²) in [5.74, 6) is 2.18. The van der Waals surface area contributed by atoms with E-state index in [0.717, 1.165) is 49.4 Å². The lowest BCUT2D eigenvalue weighted by Gasteiger charge is -2.43. The minimum atomic E-state index is -1.15. The Labute approximate surface area is 340 Å². The third-order valence-corrected chi connectivity index (χ3v) is 17.7. The van der Waals surface area contributed by atoms with Crippen molar-refractivity contribution in [1.29, 1.82) is 0 Å². The smallest absolute Gasteiger partial charge is 0.175 e. The molecule has 0 aromatic rings. The third kappa shape index (κ3) is 7.77. The molecule has 6 fully saturated rings. The fraction of sp³-hybridized carbons (Fsp3) is 0.840. The van der Waals surface area contributed by atoms with Gasteiger partial charge in [0, 0.05) is 24.7 Å². The van der Waals surface area contributed by atoms with Crippen LogP contribution in [0, 0.1) is 70.0 Å². The van der Waals surface area contributed by atoms with Crippen LogP contribution in [0.25, 0.3) is 0 Å². The van der Waals surface area contributed by atoms with Gasteiger partial charge in [-0.15, -0.1) is 0 Å². The van der Waals surface area contributed by atoms with Gasteiger partial charge in [-0.2, -0.15) is 0 Å². The van der Waals surface area contributed by atoms with Crippen LogP contribution >= 0.6 is 0 Å². The van der Waals surface area contributed by atoms with Crippen molar-refractivity contribution in [3.63, 3.8) is 0 Å². The number of fused-ring (bicyclic) bond motifs is 2. The van der Waals surface area contributed by atoms with Crippen molar-refractivity contribution in [2.45, 2.75) is 182 Å². The first-order valence-corrected chi connectivity index (χ1v) is 22.9. The summed E-state index contributed by atoms with van der Waals surface area (Å²) in [4.78, 5) is 0. The zero-order valence-electron chi connectivity index (χ0n) is 37.0. The van der Waals surface area contributed by atoms with Gasteiger partial charge in [-0.1, -0.05) is 63.1 Å². The SMILES string of the molecule is CC(C)=CCC[C@H](C)[C@H]1CC[C@]2(C)C[C@H]3[C@@H]4/C(=C\C[C@@H]12)CO[C@]4(O)C[C@@]3(C)O.CC(C)=CCC[C@H](C)[C@H]1CC[C@]2(C)C[C@H]3[C@@H]4/C(=C\C[C@@H]12)CO[C@]4(O)C[C@@]3(C)O. The first-order chi connectivity index (χ1) is 26.1. The van der Waals surface area contributed by atoms with E-state index in [2.05, 4.69) is 79.7 Å². The second-order valence-electron chi connectivity index (χ2n) is 22.5. The van der Waals surface area contributed by atoms with E-state index < -0.39 is 22.8 Å². The topological polar surface area (TPSA) is 99.4 Å². The molecule has 2 saturated heterocycles. The second-order valence-corrected chi connectivity index (χ2v) is 22.5. The monoisotopic (exact) mass is 777 g/mol. The van der Waals surface area contributed by atoms with E-state index in [1.807, 2.05) is 13.8 Å². The van der Waals surface area contributed by atoms with Crippen molar-refractivity contribution in [1.82, 2.24) is 0 Å². The molecule has 8 rings (SSSR count). The summed E-state index contributed by atoms with van der Waals surface area (Å²) in [6.07, 6.45) is 24.5. The molecule has 0 aromatic heterocycles. The quantitative estimate of drug-likeness (QED) is 0.183. The molecule has 0 aromatic carbocycles. The Hall–Kier alpha value is -1.28. The van der Waals surface area contributed by atoms with Gasteiger partial charge < -0.3 is 29.9 Å². The zero-order valence-corrected chi connectivity index (χ0v) is 37.0. The van der Waals surface area contributed by atoms with Crippen molar-refractivity contribution >= 4 is 0 Å². The summed E-state index contributed by atoms with van der Waals surface area (Å²) >= 11 is 0. The first-order valence-electron chi connectivity index (χ1n) is 22.9. The van der Waals surface area contributed by atoms with E-state index in [4.69, 9.17) is 9.47 Å². The predicted octanol–water partition coefficient (Wildman–Crippen LogP) is 10.5. The van der Waals surface area contributed by atoms with Crippen molar-refractivity contribution in [3.8, 4) is 0 Å².